The van der Waals surface area contributed by atoms with E-state index in [0.717, 1.165) is 29.9 Å². The number of benzene rings is 1. The van der Waals surface area contributed by atoms with Crippen LogP contribution in [-0.2, 0) is 27.5 Å². The van der Waals surface area contributed by atoms with Gasteiger partial charge >= 0.3 is 6.18 Å². The summed E-state index contributed by atoms with van der Waals surface area (Å²) in [5.74, 6) is -0.0375. The molecule has 1 aromatic carbocycles. The quantitative estimate of drug-likeness (QED) is 0.387. The Labute approximate surface area is 251 Å². The van der Waals surface area contributed by atoms with E-state index in [9.17, 15) is 26.4 Å². The van der Waals surface area contributed by atoms with Crippen LogP contribution < -0.4 is 10.2 Å². The van der Waals surface area contributed by atoms with E-state index in [1.807, 2.05) is 19.0 Å². The number of nitrogens with zero attached hydrogens (tertiary/aromatic N) is 5. The molecule has 42 heavy (non-hydrogen) atoms. The molecule has 2 saturated heterocycles. The summed E-state index contributed by atoms with van der Waals surface area (Å²) >= 11 is 6.89. The van der Waals surface area contributed by atoms with Crippen LogP contribution in [0.15, 0.2) is 46.7 Å². The number of halogens is 4. The van der Waals surface area contributed by atoms with Gasteiger partial charge in [0.05, 0.1) is 27.8 Å². The van der Waals surface area contributed by atoms with Gasteiger partial charge < -0.3 is 15.1 Å². The van der Waals surface area contributed by atoms with Crippen LogP contribution in [0.4, 0.5) is 19.1 Å². The van der Waals surface area contributed by atoms with Gasteiger partial charge in [0.1, 0.15) is 10.3 Å². The smallest absolute Gasteiger partial charge is 0.349 e. The predicted molar refractivity (Wildman–Crippen MR) is 155 cm³/mol. The Bertz CT molecular complexity index is 1550. The number of aromatic nitrogens is 2. The number of thiophene rings is 1. The molecule has 0 radical (unpaired) electrons. The number of anilines is 1. The molecule has 2 aliphatic heterocycles. The van der Waals surface area contributed by atoms with Crippen molar-refractivity contribution >= 4 is 44.8 Å². The van der Waals surface area contributed by atoms with Crippen LogP contribution in [0.3, 0.4) is 0 Å². The molecule has 226 valence electrons. The van der Waals surface area contributed by atoms with Crippen LogP contribution in [0.5, 0.6) is 0 Å². The second-order valence-electron chi connectivity index (χ2n) is 10.5. The summed E-state index contributed by atoms with van der Waals surface area (Å²) in [5.41, 5.74) is 0.590. The van der Waals surface area contributed by atoms with Gasteiger partial charge in [-0.2, -0.15) is 17.5 Å². The lowest BCUT2D eigenvalue weighted by Gasteiger charge is -2.23. The number of likely N-dealkylation sites (N-methyl/N-ethyl adjacent to an activating group) is 1. The molecule has 9 nitrogen and oxygen atoms in total. The van der Waals surface area contributed by atoms with Crippen molar-refractivity contribution in [2.75, 3.05) is 38.6 Å². The molecule has 0 unspecified atom stereocenters. The molecule has 1 N–H and O–H groups in total. The fourth-order valence-corrected chi connectivity index (χ4v) is 8.44. The van der Waals surface area contributed by atoms with Gasteiger partial charge in [0.2, 0.25) is 11.9 Å². The molecule has 5 rings (SSSR count). The van der Waals surface area contributed by atoms with E-state index in [-0.39, 0.29) is 17.3 Å². The average molecular weight is 643 g/mol. The molecule has 2 aliphatic rings. The lowest BCUT2D eigenvalue weighted by Crippen LogP contribution is -2.45. The third-order valence-corrected chi connectivity index (χ3v) is 11.1. The second-order valence-corrected chi connectivity index (χ2v) is 14.4. The highest BCUT2D eigenvalue weighted by molar-refractivity contribution is 7.91. The average Bonchev–Trinajstić information content (AvgIpc) is 3.72. The van der Waals surface area contributed by atoms with Crippen LogP contribution in [0, 0.1) is 0 Å². The summed E-state index contributed by atoms with van der Waals surface area (Å²) in [5, 5.41) is 2.82. The maximum absolute atomic E-state index is 13.3. The first-order chi connectivity index (χ1) is 19.8. The van der Waals surface area contributed by atoms with E-state index in [0.29, 0.717) is 59.2 Å². The van der Waals surface area contributed by atoms with Crippen LogP contribution in [0.2, 0.25) is 4.34 Å². The highest BCUT2D eigenvalue weighted by Crippen LogP contribution is 2.33. The van der Waals surface area contributed by atoms with Crippen molar-refractivity contribution < 1.29 is 26.4 Å². The zero-order valence-corrected chi connectivity index (χ0v) is 25.3. The van der Waals surface area contributed by atoms with Gasteiger partial charge in [-0.25, -0.2) is 18.4 Å². The lowest BCUT2D eigenvalue weighted by molar-refractivity contribution is -0.137. The topological polar surface area (TPSA) is 98.7 Å². The Balaban J connectivity index is 1.38. The Kier molecular flexibility index (Phi) is 8.82. The molecule has 1 amide bonds. The van der Waals surface area contributed by atoms with Gasteiger partial charge in [0.15, 0.2) is 0 Å². The molecule has 4 heterocycles. The number of hydrogen-bond acceptors (Lipinski definition) is 8. The molecule has 0 bridgehead atoms. The molecule has 0 spiro atoms. The van der Waals surface area contributed by atoms with Crippen molar-refractivity contribution in [1.82, 2.24) is 24.5 Å². The number of nitrogens with one attached hydrogen (secondary N) is 1. The Morgan fingerprint density at radius 3 is 2.48 bits per heavy atom. The normalized spacial score (nSPS) is 20.0. The molecule has 2 atom stereocenters. The Morgan fingerprint density at radius 1 is 1.12 bits per heavy atom. The summed E-state index contributed by atoms with van der Waals surface area (Å²) < 4.78 is 67.4. The molecule has 2 fully saturated rings. The fraction of sp³-hybridized carbons (Fsp3) is 0.444. The van der Waals surface area contributed by atoms with E-state index in [2.05, 4.69) is 20.2 Å². The maximum Gasteiger partial charge on any atom is 0.416 e. The van der Waals surface area contributed by atoms with Gasteiger partial charge in [-0.05, 0) is 63.7 Å². The minimum atomic E-state index is -4.46. The third-order valence-electron chi connectivity index (χ3n) is 7.51. The van der Waals surface area contributed by atoms with E-state index < -0.39 is 33.7 Å². The lowest BCUT2D eigenvalue weighted by atomic mass is 10.1. The number of carbonyl (C=O) groups is 1. The maximum atomic E-state index is 13.3. The SMILES string of the molecule is CN(C)[C@@H]1CCN(c2nc(CNC(=O)[C@@H]3CCCN3S(=O)(=O)c3ccc(Cl)s3)cc(-c3ccc(C(F)(F)F)cc3)n2)C1. The zero-order valence-electron chi connectivity index (χ0n) is 22.9. The van der Waals surface area contributed by atoms with Crippen LogP contribution in [0.1, 0.15) is 30.5 Å². The van der Waals surface area contributed by atoms with Crippen molar-refractivity contribution in [2.24, 2.45) is 0 Å². The first-order valence-electron chi connectivity index (χ1n) is 13.3. The summed E-state index contributed by atoms with van der Waals surface area (Å²) in [6, 6.07) is 8.71. The number of rotatable bonds is 8. The van der Waals surface area contributed by atoms with Gasteiger partial charge in [-0.3, -0.25) is 4.79 Å². The molecule has 2 aromatic heterocycles. The summed E-state index contributed by atoms with van der Waals surface area (Å²) in [4.78, 5) is 26.7. The van der Waals surface area contributed by atoms with Crippen molar-refractivity contribution in [3.05, 3.63) is 58.1 Å². The van der Waals surface area contributed by atoms with Crippen molar-refractivity contribution in [2.45, 2.75) is 48.3 Å². The Hall–Kier alpha value is -2.78. The van der Waals surface area contributed by atoms with E-state index >= 15 is 0 Å². The van der Waals surface area contributed by atoms with Crippen LogP contribution in [0.25, 0.3) is 11.3 Å². The summed E-state index contributed by atoms with van der Waals surface area (Å²) in [6.07, 6.45) is -2.66. The molecular weight excluding hydrogens is 613 g/mol. The number of amides is 1. The summed E-state index contributed by atoms with van der Waals surface area (Å²) in [6.45, 7) is 1.58. The van der Waals surface area contributed by atoms with Gasteiger partial charge in [0, 0.05) is 31.2 Å². The van der Waals surface area contributed by atoms with E-state index in [1.54, 1.807) is 6.07 Å². The number of alkyl halides is 3. The summed E-state index contributed by atoms with van der Waals surface area (Å²) in [7, 11) is 0.0967. The fourth-order valence-electron chi connectivity index (χ4n) is 5.18. The van der Waals surface area contributed by atoms with Gasteiger partial charge in [-0.1, -0.05) is 23.7 Å². The molecule has 15 heteroatoms. The largest absolute Gasteiger partial charge is 0.416 e. The number of carbonyl (C=O) groups excluding carboxylic acids is 1. The van der Waals surface area contributed by atoms with E-state index in [1.165, 1.54) is 28.6 Å². The van der Waals surface area contributed by atoms with Gasteiger partial charge in [-0.15, -0.1) is 11.3 Å². The zero-order chi connectivity index (χ0) is 30.2. The highest BCUT2D eigenvalue weighted by Gasteiger charge is 2.40. The van der Waals surface area contributed by atoms with Crippen LogP contribution >= 0.6 is 22.9 Å². The number of sulfonamides is 1. The minimum Gasteiger partial charge on any atom is -0.349 e. The predicted octanol–water partition coefficient (Wildman–Crippen LogP) is 4.49. The molecule has 0 aliphatic carbocycles. The highest BCUT2D eigenvalue weighted by atomic mass is 35.5. The Morgan fingerprint density at radius 2 is 1.86 bits per heavy atom. The van der Waals surface area contributed by atoms with Crippen molar-refractivity contribution in [3.8, 4) is 11.3 Å². The molecule has 0 saturated carbocycles. The molecular formula is C27H30ClF3N6O3S2. The first-order valence-corrected chi connectivity index (χ1v) is 16.0. The van der Waals surface area contributed by atoms with E-state index in [4.69, 9.17) is 11.6 Å². The first kappa shape index (κ1) is 30.7. The second kappa shape index (κ2) is 12.1. The van der Waals surface area contributed by atoms with Crippen LogP contribution in [-0.4, -0.2) is 79.3 Å². The standard InChI is InChI=1S/C27H30ClF3N6O3S2/c1-35(2)20-11-13-36(16-20)26-33-19(14-21(34-26)17-5-7-18(8-6-17)27(29,30)31)15-32-25(38)22-4-3-12-37(22)42(39,40)24-10-9-23(28)41-24/h5-10,14,20,22H,3-4,11-13,15-16H2,1-2H3,(H,32,38)/t20-,22+/m1/s1. The minimum absolute atomic E-state index is 0.0118. The van der Waals surface area contributed by atoms with Crippen molar-refractivity contribution in [1.29, 1.82) is 0 Å². The van der Waals surface area contributed by atoms with Crippen molar-refractivity contribution in [3.63, 3.8) is 0 Å². The third kappa shape index (κ3) is 6.57. The molecule has 3 aromatic rings. The number of hydrogen-bond donors (Lipinski definition) is 1. The monoisotopic (exact) mass is 642 g/mol. The van der Waals surface area contributed by atoms with Gasteiger partial charge in [0.25, 0.3) is 10.0 Å².